The highest BCUT2D eigenvalue weighted by molar-refractivity contribution is 6.28. The summed E-state index contributed by atoms with van der Waals surface area (Å²) < 4.78 is 23.7. The second-order valence-electron chi connectivity index (χ2n) is 20.7. The minimum absolute atomic E-state index is 0.854. The van der Waals surface area contributed by atoms with Crippen LogP contribution in [0.2, 0.25) is 0 Å². The van der Waals surface area contributed by atoms with E-state index in [9.17, 15) is 0 Å². The second-order valence-corrected chi connectivity index (χ2v) is 20.7. The molecule has 350 valence electrons. The standard InChI is InChI=1S/C72H39NO3/c1-4-16-43-37-64-58(29-40(43)13-1)67-51-22-10-7-19-46(51)32-54(70(67)74-64)49-25-27-61-56(34-49)57-35-50(55-33-47-20-8-11-23-52(47)68-59-30-41-14-2-5-17-44(41)38-65(59)75-71(55)68)26-28-62(57)73(61)63-36-48-21-9-12-24-53(48)69-60-31-42-15-3-6-18-45(42)39-66(60)76-72(63)69/h1-39H. The van der Waals surface area contributed by atoms with Crippen LogP contribution in [-0.4, -0.2) is 4.57 Å². The van der Waals surface area contributed by atoms with Crippen LogP contribution >= 0.6 is 0 Å². The summed E-state index contributed by atoms with van der Waals surface area (Å²) in [5.74, 6) is 0. The zero-order chi connectivity index (χ0) is 49.3. The molecule has 4 nitrogen and oxygen atoms in total. The zero-order valence-electron chi connectivity index (χ0n) is 40.7. The molecule has 18 aromatic rings. The first-order chi connectivity index (χ1) is 37.6. The summed E-state index contributed by atoms with van der Waals surface area (Å²) in [4.78, 5) is 0. The van der Waals surface area contributed by atoms with Gasteiger partial charge in [0.05, 0.1) is 16.7 Å². The van der Waals surface area contributed by atoms with Crippen LogP contribution in [0.15, 0.2) is 250 Å². The van der Waals surface area contributed by atoms with Crippen LogP contribution in [0, 0.1) is 0 Å². The first-order valence-corrected chi connectivity index (χ1v) is 26.0. The third kappa shape index (κ3) is 5.51. The fourth-order valence-corrected chi connectivity index (χ4v) is 13.1. The van der Waals surface area contributed by atoms with Crippen molar-refractivity contribution in [1.82, 2.24) is 4.57 Å². The fraction of sp³-hybridized carbons (Fsp3) is 0. The average molecular weight is 966 g/mol. The molecule has 0 spiro atoms. The Hall–Kier alpha value is -10.2. The molecule has 0 bridgehead atoms. The number of hydrogen-bond donors (Lipinski definition) is 0. The van der Waals surface area contributed by atoms with Crippen LogP contribution in [-0.2, 0) is 0 Å². The Kier molecular flexibility index (Phi) is 7.83. The Morgan fingerprint density at radius 1 is 0.237 bits per heavy atom. The quantitative estimate of drug-likeness (QED) is 0.177. The summed E-state index contributed by atoms with van der Waals surface area (Å²) in [6.07, 6.45) is 0. The third-order valence-electron chi connectivity index (χ3n) is 16.6. The van der Waals surface area contributed by atoms with Gasteiger partial charge >= 0.3 is 0 Å². The highest BCUT2D eigenvalue weighted by atomic mass is 16.3. The number of hydrogen-bond acceptors (Lipinski definition) is 3. The van der Waals surface area contributed by atoms with Crippen molar-refractivity contribution in [3.05, 3.63) is 237 Å². The maximum Gasteiger partial charge on any atom is 0.160 e. The summed E-state index contributed by atoms with van der Waals surface area (Å²) in [6, 6.07) is 86.2. The van der Waals surface area contributed by atoms with Gasteiger partial charge in [-0.1, -0.05) is 158 Å². The van der Waals surface area contributed by atoms with Gasteiger partial charge in [-0.3, -0.25) is 0 Å². The molecule has 4 aromatic heterocycles. The molecule has 0 aliphatic carbocycles. The van der Waals surface area contributed by atoms with E-state index in [0.29, 0.717) is 0 Å². The van der Waals surface area contributed by atoms with Crippen LogP contribution in [0.1, 0.15) is 0 Å². The van der Waals surface area contributed by atoms with Gasteiger partial charge in [0.25, 0.3) is 0 Å². The van der Waals surface area contributed by atoms with Crippen molar-refractivity contribution in [2.24, 2.45) is 0 Å². The minimum atomic E-state index is 0.854. The molecule has 0 unspecified atom stereocenters. The van der Waals surface area contributed by atoms with Gasteiger partial charge < -0.3 is 17.8 Å². The lowest BCUT2D eigenvalue weighted by molar-refractivity contribution is 0.667. The minimum Gasteiger partial charge on any atom is -0.455 e. The van der Waals surface area contributed by atoms with E-state index in [1.165, 1.54) is 43.1 Å². The highest BCUT2D eigenvalue weighted by Crippen LogP contribution is 2.48. The van der Waals surface area contributed by atoms with Crippen molar-refractivity contribution in [3.63, 3.8) is 0 Å². The number of rotatable bonds is 3. The maximum absolute atomic E-state index is 7.15. The predicted molar refractivity (Wildman–Crippen MR) is 319 cm³/mol. The van der Waals surface area contributed by atoms with Crippen LogP contribution in [0.4, 0.5) is 0 Å². The molecule has 18 rings (SSSR count). The van der Waals surface area contributed by atoms with Crippen molar-refractivity contribution < 1.29 is 13.3 Å². The molecule has 0 saturated heterocycles. The Morgan fingerprint density at radius 3 is 0.974 bits per heavy atom. The number of benzene rings is 14. The third-order valence-corrected chi connectivity index (χ3v) is 16.6. The predicted octanol–water partition coefficient (Wildman–Crippen LogP) is 20.7. The lowest BCUT2D eigenvalue weighted by Gasteiger charge is -2.12. The van der Waals surface area contributed by atoms with Crippen LogP contribution < -0.4 is 0 Å². The van der Waals surface area contributed by atoms with Gasteiger partial charge in [0.2, 0.25) is 0 Å². The number of fused-ring (bicyclic) bond motifs is 21. The smallest absolute Gasteiger partial charge is 0.160 e. The Morgan fingerprint density at radius 2 is 0.566 bits per heavy atom. The van der Waals surface area contributed by atoms with Crippen molar-refractivity contribution in [2.45, 2.75) is 0 Å². The summed E-state index contributed by atoms with van der Waals surface area (Å²) in [5.41, 5.74) is 12.7. The number of aromatic nitrogens is 1. The summed E-state index contributed by atoms with van der Waals surface area (Å²) in [5, 5.41) is 23.0. The topological polar surface area (TPSA) is 44.4 Å². The molecule has 14 aromatic carbocycles. The maximum atomic E-state index is 7.15. The molecule has 0 radical (unpaired) electrons. The van der Waals surface area contributed by atoms with Gasteiger partial charge in [-0.25, -0.2) is 0 Å². The molecule has 0 amide bonds. The van der Waals surface area contributed by atoms with Crippen LogP contribution in [0.25, 0.3) is 180 Å². The van der Waals surface area contributed by atoms with Crippen molar-refractivity contribution >= 4 is 152 Å². The first-order valence-electron chi connectivity index (χ1n) is 26.0. The SMILES string of the molecule is c1ccc2cc3c(cc2c1)oc1c(-c2ccc4c(c2)c2cc(-c5cc6ccccc6c6c5oc5cc7ccccc7cc56)ccc2n4-c2cc4ccccc4c4c2oc2cc5ccccc5cc24)cc2ccccc2c13. The zero-order valence-corrected chi connectivity index (χ0v) is 40.7. The van der Waals surface area contributed by atoms with E-state index in [1.54, 1.807) is 0 Å². The normalized spacial score (nSPS) is 12.5. The second kappa shape index (κ2) is 14.8. The molecule has 0 saturated carbocycles. The lowest BCUT2D eigenvalue weighted by atomic mass is 9.94. The van der Waals surface area contributed by atoms with E-state index in [1.807, 2.05) is 0 Å². The monoisotopic (exact) mass is 965 g/mol. The van der Waals surface area contributed by atoms with Crippen molar-refractivity contribution in [1.29, 1.82) is 0 Å². The van der Waals surface area contributed by atoms with Crippen molar-refractivity contribution in [2.75, 3.05) is 0 Å². The van der Waals surface area contributed by atoms with Gasteiger partial charge in [0, 0.05) is 54.2 Å². The van der Waals surface area contributed by atoms with Gasteiger partial charge in [-0.15, -0.1) is 0 Å². The molecule has 0 fully saturated rings. The van der Waals surface area contributed by atoms with E-state index in [0.717, 1.165) is 137 Å². The van der Waals surface area contributed by atoms with Gasteiger partial charge in [0.15, 0.2) is 5.58 Å². The summed E-state index contributed by atoms with van der Waals surface area (Å²) >= 11 is 0. The molecule has 4 heteroatoms. The molecule has 0 aliphatic heterocycles. The van der Waals surface area contributed by atoms with E-state index in [4.69, 9.17) is 13.3 Å². The molecule has 0 N–H and O–H groups in total. The Bertz CT molecular complexity index is 5360. The van der Waals surface area contributed by atoms with E-state index in [-0.39, 0.29) is 0 Å². The number of furan rings is 3. The van der Waals surface area contributed by atoms with Crippen molar-refractivity contribution in [3.8, 4) is 27.9 Å². The van der Waals surface area contributed by atoms with E-state index in [2.05, 4.69) is 241 Å². The summed E-state index contributed by atoms with van der Waals surface area (Å²) in [7, 11) is 0. The fourth-order valence-electron chi connectivity index (χ4n) is 13.1. The van der Waals surface area contributed by atoms with Gasteiger partial charge in [-0.2, -0.15) is 0 Å². The Labute approximate surface area is 432 Å². The number of nitrogens with zero attached hydrogens (tertiary/aromatic N) is 1. The molecule has 76 heavy (non-hydrogen) atoms. The van der Waals surface area contributed by atoms with E-state index >= 15 is 0 Å². The molecular formula is C72H39NO3. The summed E-state index contributed by atoms with van der Waals surface area (Å²) in [6.45, 7) is 0. The van der Waals surface area contributed by atoms with Gasteiger partial charge in [0.1, 0.15) is 27.9 Å². The molecule has 0 aliphatic rings. The van der Waals surface area contributed by atoms with Gasteiger partial charge in [-0.05, 0) is 155 Å². The molecule has 0 atom stereocenters. The lowest BCUT2D eigenvalue weighted by Crippen LogP contribution is -1.95. The highest BCUT2D eigenvalue weighted by Gasteiger charge is 2.25. The first kappa shape index (κ1) is 40.3. The largest absolute Gasteiger partial charge is 0.455 e. The average Bonchev–Trinajstić information content (AvgIpc) is 4.35. The molecule has 4 heterocycles. The Balaban J connectivity index is 0.955. The molecular weight excluding hydrogens is 927 g/mol. The van der Waals surface area contributed by atoms with Crippen LogP contribution in [0.3, 0.4) is 0 Å². The van der Waals surface area contributed by atoms with Crippen LogP contribution in [0.5, 0.6) is 0 Å². The van der Waals surface area contributed by atoms with E-state index < -0.39 is 0 Å².